The highest BCUT2D eigenvalue weighted by atomic mass is 35.5. The molecule has 4 rings (SSSR count). The van der Waals surface area contributed by atoms with Crippen LogP contribution in [0.5, 0.6) is 0 Å². The van der Waals surface area contributed by atoms with Crippen LogP contribution < -0.4 is 10.6 Å². The Morgan fingerprint density at radius 2 is 1.90 bits per heavy atom. The Labute approximate surface area is 183 Å². The summed E-state index contributed by atoms with van der Waals surface area (Å²) in [6.07, 6.45) is 4.45. The smallest absolute Gasteiger partial charge is 0.233 e. The molecule has 1 aliphatic carbocycles. The second-order valence-corrected chi connectivity index (χ2v) is 9.09. The van der Waals surface area contributed by atoms with Crippen LogP contribution in [0.3, 0.4) is 0 Å². The summed E-state index contributed by atoms with van der Waals surface area (Å²) in [5.74, 6) is 1.68. The highest BCUT2D eigenvalue weighted by Gasteiger charge is 2.39. The Morgan fingerprint density at radius 3 is 2.57 bits per heavy atom. The number of carbonyl (C=O) groups is 1. The van der Waals surface area contributed by atoms with Gasteiger partial charge in [-0.3, -0.25) is 4.79 Å². The van der Waals surface area contributed by atoms with Gasteiger partial charge in [0.15, 0.2) is 0 Å². The molecule has 2 heterocycles. The van der Waals surface area contributed by atoms with Crippen LogP contribution in [0, 0.1) is 0 Å². The van der Waals surface area contributed by atoms with E-state index in [9.17, 15) is 4.79 Å². The predicted molar refractivity (Wildman–Crippen MR) is 120 cm³/mol. The summed E-state index contributed by atoms with van der Waals surface area (Å²) in [5.41, 5.74) is 8.69. The zero-order valence-corrected chi connectivity index (χ0v) is 18.5. The molecule has 0 radical (unpaired) electrons. The van der Waals surface area contributed by atoms with E-state index in [4.69, 9.17) is 17.3 Å². The Kier molecular flexibility index (Phi) is 5.98. The van der Waals surface area contributed by atoms with Crippen molar-refractivity contribution in [3.8, 4) is 0 Å². The van der Waals surface area contributed by atoms with Gasteiger partial charge in [0.05, 0.1) is 5.41 Å². The first kappa shape index (κ1) is 21.1. The normalized spacial score (nSPS) is 20.7. The summed E-state index contributed by atoms with van der Waals surface area (Å²) in [4.78, 5) is 27.0. The third-order valence-corrected chi connectivity index (χ3v) is 6.97. The van der Waals surface area contributed by atoms with Gasteiger partial charge in [0.1, 0.15) is 12.1 Å². The first-order valence-corrected chi connectivity index (χ1v) is 11.2. The minimum Gasteiger partial charge on any atom is -0.353 e. The summed E-state index contributed by atoms with van der Waals surface area (Å²) in [6, 6.07) is 7.57. The molecule has 2 aliphatic rings. The summed E-state index contributed by atoms with van der Waals surface area (Å²) in [5, 5.41) is 0.668. The van der Waals surface area contributed by atoms with Crippen LogP contribution in [-0.2, 0) is 16.6 Å². The maximum Gasteiger partial charge on any atom is 0.233 e. The Balaban J connectivity index is 1.50. The molecule has 1 fully saturated rings. The summed E-state index contributed by atoms with van der Waals surface area (Å²) in [7, 11) is 0. The van der Waals surface area contributed by atoms with E-state index < -0.39 is 5.41 Å². The first-order chi connectivity index (χ1) is 14.4. The lowest BCUT2D eigenvalue weighted by Crippen LogP contribution is -2.54. The van der Waals surface area contributed by atoms with Gasteiger partial charge < -0.3 is 15.5 Å². The molecular weight excluding hydrogens is 398 g/mol. The number of halogens is 1. The quantitative estimate of drug-likeness (QED) is 0.793. The maximum absolute atomic E-state index is 13.6. The van der Waals surface area contributed by atoms with Crippen molar-refractivity contribution in [2.24, 2.45) is 5.73 Å². The van der Waals surface area contributed by atoms with Crippen molar-refractivity contribution in [1.82, 2.24) is 14.9 Å². The topological polar surface area (TPSA) is 75.4 Å². The lowest BCUT2D eigenvalue weighted by atomic mass is 9.78. The van der Waals surface area contributed by atoms with Crippen molar-refractivity contribution in [3.63, 3.8) is 0 Å². The minimum atomic E-state index is -0.647. The number of aromatic nitrogens is 2. The summed E-state index contributed by atoms with van der Waals surface area (Å²) in [6.45, 7) is 7.62. The van der Waals surface area contributed by atoms with Crippen molar-refractivity contribution < 1.29 is 4.79 Å². The van der Waals surface area contributed by atoms with E-state index in [1.807, 2.05) is 36.1 Å². The van der Waals surface area contributed by atoms with E-state index >= 15 is 0 Å². The first-order valence-electron chi connectivity index (χ1n) is 10.8. The van der Waals surface area contributed by atoms with E-state index in [0.29, 0.717) is 37.0 Å². The number of aryl methyl sites for hydroxylation is 1. The van der Waals surface area contributed by atoms with Gasteiger partial charge in [-0.25, -0.2) is 9.97 Å². The molecule has 0 spiro atoms. The Bertz CT molecular complexity index is 910. The molecule has 0 bridgehead atoms. The number of amides is 1. The van der Waals surface area contributed by atoms with Gasteiger partial charge in [-0.2, -0.15) is 0 Å². The summed E-state index contributed by atoms with van der Waals surface area (Å²) >= 11 is 6.06. The molecule has 1 saturated heterocycles. The van der Waals surface area contributed by atoms with Gasteiger partial charge in [-0.15, -0.1) is 0 Å². The number of hydrogen-bond donors (Lipinski definition) is 1. The molecule has 7 heteroatoms. The molecule has 6 nitrogen and oxygen atoms in total. The zero-order valence-electron chi connectivity index (χ0n) is 17.8. The molecule has 1 amide bonds. The number of fused-ring (bicyclic) bond motifs is 1. The zero-order chi connectivity index (χ0) is 21.3. The average Bonchev–Trinajstić information content (AvgIpc) is 3.15. The average molecular weight is 428 g/mol. The Morgan fingerprint density at radius 1 is 1.20 bits per heavy atom. The molecule has 30 heavy (non-hydrogen) atoms. The number of hydrogen-bond acceptors (Lipinski definition) is 5. The highest BCUT2D eigenvalue weighted by Crippen LogP contribution is 2.37. The third kappa shape index (κ3) is 3.79. The molecular formula is C23H30ClN5O. The number of piperazine rings is 1. The van der Waals surface area contributed by atoms with Gasteiger partial charge in [0.2, 0.25) is 5.91 Å². The fourth-order valence-corrected chi connectivity index (χ4v) is 4.95. The molecule has 1 aliphatic heterocycles. The van der Waals surface area contributed by atoms with Gasteiger partial charge in [0, 0.05) is 42.5 Å². The SMILES string of the molecule is C[C@@H]1CCc2ncnc(N3CCN(C(=O)[C@@](C)(CCN)c4ccc(Cl)cc4)CC3)c21. The van der Waals surface area contributed by atoms with Crippen LogP contribution >= 0.6 is 11.6 Å². The van der Waals surface area contributed by atoms with E-state index in [1.165, 1.54) is 11.3 Å². The fraction of sp³-hybridized carbons (Fsp3) is 0.522. The number of carbonyl (C=O) groups excluding carboxylic acids is 1. The van der Waals surface area contributed by atoms with Crippen LogP contribution in [0.4, 0.5) is 5.82 Å². The maximum atomic E-state index is 13.6. The summed E-state index contributed by atoms with van der Waals surface area (Å²) < 4.78 is 0. The van der Waals surface area contributed by atoms with Crippen LogP contribution in [0.25, 0.3) is 0 Å². The number of anilines is 1. The fourth-order valence-electron chi connectivity index (χ4n) is 4.83. The van der Waals surface area contributed by atoms with Gasteiger partial charge >= 0.3 is 0 Å². The molecule has 1 aromatic carbocycles. The van der Waals surface area contributed by atoms with Crippen molar-refractivity contribution in [1.29, 1.82) is 0 Å². The second-order valence-electron chi connectivity index (χ2n) is 8.65. The Hall–Kier alpha value is -2.18. The molecule has 160 valence electrons. The molecule has 2 N–H and O–H groups in total. The molecule has 2 aromatic rings. The second kappa shape index (κ2) is 8.52. The van der Waals surface area contributed by atoms with Crippen LogP contribution in [0.2, 0.25) is 5.02 Å². The lowest BCUT2D eigenvalue weighted by molar-refractivity contribution is -0.137. The molecule has 0 unspecified atom stereocenters. The standard InChI is InChI=1S/C23H30ClN5O/c1-16-3-8-19-20(16)21(27-15-26-19)28-11-13-29(14-12-28)22(30)23(2,9-10-25)17-4-6-18(24)7-5-17/h4-7,15-16H,3,8-14,25H2,1-2H3/t16-,23+/m1/s1. The van der Waals surface area contributed by atoms with Crippen LogP contribution in [0.15, 0.2) is 30.6 Å². The van der Waals surface area contributed by atoms with Crippen molar-refractivity contribution in [2.75, 3.05) is 37.6 Å². The number of benzene rings is 1. The largest absolute Gasteiger partial charge is 0.353 e. The van der Waals surface area contributed by atoms with Gasteiger partial charge in [-0.05, 0) is 56.3 Å². The molecule has 1 aromatic heterocycles. The van der Waals surface area contributed by atoms with E-state index in [1.54, 1.807) is 6.33 Å². The van der Waals surface area contributed by atoms with E-state index in [-0.39, 0.29) is 5.91 Å². The van der Waals surface area contributed by atoms with E-state index in [0.717, 1.165) is 37.3 Å². The number of rotatable bonds is 5. The predicted octanol–water partition coefficient (Wildman–Crippen LogP) is 3.14. The van der Waals surface area contributed by atoms with Crippen molar-refractivity contribution in [2.45, 2.75) is 44.4 Å². The highest BCUT2D eigenvalue weighted by molar-refractivity contribution is 6.30. The van der Waals surface area contributed by atoms with Gasteiger partial charge in [0.25, 0.3) is 0 Å². The monoisotopic (exact) mass is 427 g/mol. The molecule has 0 saturated carbocycles. The molecule has 2 atom stereocenters. The van der Waals surface area contributed by atoms with Crippen LogP contribution in [0.1, 0.15) is 49.4 Å². The van der Waals surface area contributed by atoms with Crippen molar-refractivity contribution >= 4 is 23.3 Å². The number of nitrogens with two attached hydrogens (primary N) is 1. The van der Waals surface area contributed by atoms with Gasteiger partial charge in [-0.1, -0.05) is 30.7 Å². The van der Waals surface area contributed by atoms with Crippen LogP contribution in [-0.4, -0.2) is 53.5 Å². The van der Waals surface area contributed by atoms with E-state index in [2.05, 4.69) is 21.8 Å². The minimum absolute atomic E-state index is 0.135. The third-order valence-electron chi connectivity index (χ3n) is 6.72. The van der Waals surface area contributed by atoms with Crippen molar-refractivity contribution in [3.05, 3.63) is 52.4 Å². The lowest BCUT2D eigenvalue weighted by Gasteiger charge is -2.41. The number of nitrogens with zero attached hydrogens (tertiary/aromatic N) is 4.